The average Bonchev–Trinajstić information content (AvgIpc) is 1.82. The van der Waals surface area contributed by atoms with Crippen molar-refractivity contribution in [2.45, 2.75) is 46.3 Å². The Labute approximate surface area is 73.7 Å². The van der Waals surface area contributed by atoms with E-state index in [1.807, 2.05) is 0 Å². The first-order chi connectivity index (χ1) is 5.24. The number of hydrogen-bond donors (Lipinski definition) is 1. The molecule has 2 atom stereocenters. The monoisotopic (exact) mass is 174 g/mol. The summed E-state index contributed by atoms with van der Waals surface area (Å²) in [7, 11) is 0. The minimum atomic E-state index is -0.653. The van der Waals surface area contributed by atoms with Gasteiger partial charge in [-0.3, -0.25) is 4.79 Å². The van der Waals surface area contributed by atoms with Crippen molar-refractivity contribution in [1.29, 1.82) is 0 Å². The molecule has 0 spiro atoms. The Morgan fingerprint density at radius 2 is 1.75 bits per heavy atom. The first-order valence-corrected chi connectivity index (χ1v) is 4.15. The zero-order valence-electron chi connectivity index (χ0n) is 8.42. The van der Waals surface area contributed by atoms with E-state index in [9.17, 15) is 4.79 Å². The topological polar surface area (TPSA) is 46.5 Å². The number of aliphatic hydroxyl groups is 1. The van der Waals surface area contributed by atoms with E-state index in [2.05, 4.69) is 0 Å². The van der Waals surface area contributed by atoms with E-state index in [0.717, 1.165) is 0 Å². The van der Waals surface area contributed by atoms with Crippen molar-refractivity contribution < 1.29 is 14.6 Å². The second kappa shape index (κ2) is 3.90. The normalized spacial score (nSPS) is 16.8. The number of esters is 1. The summed E-state index contributed by atoms with van der Waals surface area (Å²) in [5.41, 5.74) is -0.472. The lowest BCUT2D eigenvalue weighted by Gasteiger charge is -2.23. The summed E-state index contributed by atoms with van der Waals surface area (Å²) in [6, 6.07) is 0. The fourth-order valence-corrected chi connectivity index (χ4v) is 0.592. The number of rotatable bonds is 2. The van der Waals surface area contributed by atoms with Crippen LogP contribution in [0.2, 0.25) is 0 Å². The first-order valence-electron chi connectivity index (χ1n) is 4.15. The quantitative estimate of drug-likeness (QED) is 0.643. The van der Waals surface area contributed by atoms with E-state index in [1.54, 1.807) is 34.6 Å². The Balaban J connectivity index is 4.05. The molecule has 0 bridgehead atoms. The Bertz CT molecular complexity index is 156. The van der Waals surface area contributed by atoms with E-state index in [1.165, 1.54) is 0 Å². The molecule has 0 aliphatic carbocycles. The molecule has 0 saturated heterocycles. The van der Waals surface area contributed by atoms with E-state index in [4.69, 9.17) is 9.84 Å². The van der Waals surface area contributed by atoms with E-state index < -0.39 is 17.6 Å². The maximum atomic E-state index is 11.2. The smallest absolute Gasteiger partial charge is 0.311 e. The van der Waals surface area contributed by atoms with Gasteiger partial charge in [-0.2, -0.15) is 0 Å². The van der Waals surface area contributed by atoms with E-state index >= 15 is 0 Å². The summed E-state index contributed by atoms with van der Waals surface area (Å²) in [4.78, 5) is 11.2. The number of carbonyl (C=O) groups is 1. The molecule has 0 aliphatic heterocycles. The largest absolute Gasteiger partial charge is 0.460 e. The van der Waals surface area contributed by atoms with Crippen LogP contribution in [0.3, 0.4) is 0 Å². The summed E-state index contributed by atoms with van der Waals surface area (Å²) in [6.45, 7) is 8.65. The highest BCUT2D eigenvalue weighted by molar-refractivity contribution is 5.73. The second-order valence-electron chi connectivity index (χ2n) is 4.06. The lowest BCUT2D eigenvalue weighted by molar-refractivity contribution is -0.162. The number of hydrogen-bond acceptors (Lipinski definition) is 3. The molecule has 0 aromatic heterocycles. The molecule has 3 heteroatoms. The van der Waals surface area contributed by atoms with Crippen LogP contribution in [0.25, 0.3) is 0 Å². The van der Waals surface area contributed by atoms with Gasteiger partial charge in [0.1, 0.15) is 5.60 Å². The third kappa shape index (κ3) is 4.34. The van der Waals surface area contributed by atoms with Crippen molar-refractivity contribution in [3.8, 4) is 0 Å². The molecule has 0 amide bonds. The molecule has 0 aromatic carbocycles. The zero-order chi connectivity index (χ0) is 9.94. The number of carbonyl (C=O) groups excluding carboxylic acids is 1. The van der Waals surface area contributed by atoms with Gasteiger partial charge in [0.25, 0.3) is 0 Å². The fourth-order valence-electron chi connectivity index (χ4n) is 0.592. The standard InChI is InChI=1S/C9H18O3/c1-6(7(2)10)8(11)12-9(3,4)5/h6-7,10H,1-5H3/t6?,7-/m0/s1. The summed E-state index contributed by atoms with van der Waals surface area (Å²) in [6.07, 6.45) is -0.653. The Kier molecular flexibility index (Phi) is 3.71. The minimum Gasteiger partial charge on any atom is -0.460 e. The molecule has 1 unspecified atom stereocenters. The highest BCUT2D eigenvalue weighted by atomic mass is 16.6. The summed E-state index contributed by atoms with van der Waals surface area (Å²) >= 11 is 0. The molecule has 0 aliphatic rings. The van der Waals surface area contributed by atoms with E-state index in [0.29, 0.717) is 0 Å². The van der Waals surface area contributed by atoms with Gasteiger partial charge in [-0.1, -0.05) is 0 Å². The molecule has 3 nitrogen and oxygen atoms in total. The van der Waals surface area contributed by atoms with Crippen LogP contribution in [0.15, 0.2) is 0 Å². The predicted molar refractivity (Wildman–Crippen MR) is 46.7 cm³/mol. The van der Waals surface area contributed by atoms with Crippen molar-refractivity contribution in [3.63, 3.8) is 0 Å². The minimum absolute atomic E-state index is 0.350. The molecule has 0 fully saturated rings. The van der Waals surface area contributed by atoms with Crippen LogP contribution >= 0.6 is 0 Å². The van der Waals surface area contributed by atoms with Crippen LogP contribution in [0, 0.1) is 5.92 Å². The van der Waals surface area contributed by atoms with Gasteiger partial charge in [-0.05, 0) is 34.6 Å². The van der Waals surface area contributed by atoms with Crippen molar-refractivity contribution in [3.05, 3.63) is 0 Å². The van der Waals surface area contributed by atoms with Gasteiger partial charge in [0.05, 0.1) is 12.0 Å². The Morgan fingerprint density at radius 1 is 1.33 bits per heavy atom. The van der Waals surface area contributed by atoms with Crippen molar-refractivity contribution in [2.24, 2.45) is 5.92 Å². The lowest BCUT2D eigenvalue weighted by atomic mass is 10.1. The number of aliphatic hydroxyl groups excluding tert-OH is 1. The average molecular weight is 174 g/mol. The van der Waals surface area contributed by atoms with Gasteiger partial charge in [0, 0.05) is 0 Å². The van der Waals surface area contributed by atoms with Crippen LogP contribution in [0.4, 0.5) is 0 Å². The summed E-state index contributed by atoms with van der Waals surface area (Å²) in [5, 5.41) is 9.09. The maximum Gasteiger partial charge on any atom is 0.311 e. The van der Waals surface area contributed by atoms with Crippen LogP contribution in [-0.4, -0.2) is 22.8 Å². The van der Waals surface area contributed by atoms with Crippen LogP contribution in [0.1, 0.15) is 34.6 Å². The molecule has 0 radical (unpaired) electrons. The molecule has 12 heavy (non-hydrogen) atoms. The van der Waals surface area contributed by atoms with Gasteiger partial charge < -0.3 is 9.84 Å². The van der Waals surface area contributed by atoms with Crippen molar-refractivity contribution >= 4 is 5.97 Å². The summed E-state index contributed by atoms with van der Waals surface area (Å²) < 4.78 is 5.06. The molecule has 0 saturated carbocycles. The van der Waals surface area contributed by atoms with Crippen LogP contribution < -0.4 is 0 Å². The highest BCUT2D eigenvalue weighted by Crippen LogP contribution is 2.13. The highest BCUT2D eigenvalue weighted by Gasteiger charge is 2.24. The van der Waals surface area contributed by atoms with Crippen molar-refractivity contribution in [1.82, 2.24) is 0 Å². The van der Waals surface area contributed by atoms with Gasteiger partial charge in [0.15, 0.2) is 0 Å². The molecular formula is C9H18O3. The van der Waals surface area contributed by atoms with Crippen molar-refractivity contribution in [2.75, 3.05) is 0 Å². The van der Waals surface area contributed by atoms with Crippen LogP contribution in [0.5, 0.6) is 0 Å². The molecular weight excluding hydrogens is 156 g/mol. The molecule has 0 heterocycles. The molecule has 0 rings (SSSR count). The predicted octanol–water partition coefficient (Wildman–Crippen LogP) is 1.34. The van der Waals surface area contributed by atoms with Gasteiger partial charge in [-0.25, -0.2) is 0 Å². The molecule has 72 valence electrons. The first kappa shape index (κ1) is 11.4. The van der Waals surface area contributed by atoms with Gasteiger partial charge >= 0.3 is 5.97 Å². The zero-order valence-corrected chi connectivity index (χ0v) is 8.42. The van der Waals surface area contributed by atoms with E-state index in [-0.39, 0.29) is 5.97 Å². The van der Waals surface area contributed by atoms with Crippen LogP contribution in [-0.2, 0) is 9.53 Å². The SMILES string of the molecule is CC(C(=O)OC(C)(C)C)[C@H](C)O. The lowest BCUT2D eigenvalue weighted by Crippen LogP contribution is -2.32. The van der Waals surface area contributed by atoms with Gasteiger partial charge in [-0.15, -0.1) is 0 Å². The Hall–Kier alpha value is -0.570. The Morgan fingerprint density at radius 3 is 2.00 bits per heavy atom. The third-order valence-electron chi connectivity index (χ3n) is 1.50. The summed E-state index contributed by atoms with van der Waals surface area (Å²) in [5.74, 6) is -0.804. The fraction of sp³-hybridized carbons (Fsp3) is 0.889. The second-order valence-corrected chi connectivity index (χ2v) is 4.06. The maximum absolute atomic E-state index is 11.2. The number of ether oxygens (including phenoxy) is 1. The van der Waals surface area contributed by atoms with Gasteiger partial charge in [0.2, 0.25) is 0 Å². The molecule has 0 aromatic rings. The molecule has 1 N–H and O–H groups in total. The third-order valence-corrected chi connectivity index (χ3v) is 1.50.